The molecule has 0 bridgehead atoms. The SMILES string of the molecule is CSC1CCC(NC(=O)C2(C(N)=NO)CCCC2)CC1. The Hall–Kier alpha value is -0.910. The number of hydrogen-bond acceptors (Lipinski definition) is 4. The predicted molar refractivity (Wildman–Crippen MR) is 82.0 cm³/mol. The largest absolute Gasteiger partial charge is 0.409 e. The topological polar surface area (TPSA) is 87.7 Å². The van der Waals surface area contributed by atoms with E-state index in [1.54, 1.807) is 0 Å². The summed E-state index contributed by atoms with van der Waals surface area (Å²) in [6.07, 6.45) is 9.82. The van der Waals surface area contributed by atoms with Gasteiger partial charge in [-0.1, -0.05) is 18.0 Å². The van der Waals surface area contributed by atoms with E-state index >= 15 is 0 Å². The van der Waals surface area contributed by atoms with E-state index in [-0.39, 0.29) is 17.8 Å². The number of hydrogen-bond donors (Lipinski definition) is 3. The van der Waals surface area contributed by atoms with Crippen LogP contribution in [0.25, 0.3) is 0 Å². The number of oxime groups is 1. The molecule has 0 atom stereocenters. The molecule has 6 heteroatoms. The lowest BCUT2D eigenvalue weighted by atomic mass is 9.83. The van der Waals surface area contributed by atoms with Crippen molar-refractivity contribution in [3.63, 3.8) is 0 Å². The van der Waals surface area contributed by atoms with Crippen molar-refractivity contribution in [2.24, 2.45) is 16.3 Å². The average Bonchev–Trinajstić information content (AvgIpc) is 2.98. The van der Waals surface area contributed by atoms with Gasteiger partial charge < -0.3 is 16.3 Å². The van der Waals surface area contributed by atoms with Gasteiger partial charge in [-0.15, -0.1) is 0 Å². The Kier molecular flexibility index (Phi) is 5.18. The van der Waals surface area contributed by atoms with Gasteiger partial charge in [0.15, 0.2) is 5.84 Å². The summed E-state index contributed by atoms with van der Waals surface area (Å²) >= 11 is 1.91. The molecule has 0 saturated heterocycles. The summed E-state index contributed by atoms with van der Waals surface area (Å²) in [7, 11) is 0. The zero-order valence-corrected chi connectivity index (χ0v) is 12.9. The summed E-state index contributed by atoms with van der Waals surface area (Å²) in [5.41, 5.74) is 5.03. The van der Waals surface area contributed by atoms with Crippen molar-refractivity contribution in [2.75, 3.05) is 6.26 Å². The monoisotopic (exact) mass is 299 g/mol. The molecule has 0 aromatic heterocycles. The molecular weight excluding hydrogens is 274 g/mol. The van der Waals surface area contributed by atoms with Crippen LogP contribution in [0.3, 0.4) is 0 Å². The van der Waals surface area contributed by atoms with Crippen LogP contribution in [0.1, 0.15) is 51.4 Å². The normalized spacial score (nSPS) is 30.1. The molecule has 2 aliphatic carbocycles. The Morgan fingerprint density at radius 2 is 1.90 bits per heavy atom. The number of carbonyl (C=O) groups excluding carboxylic acids is 1. The molecule has 1 amide bonds. The van der Waals surface area contributed by atoms with Crippen LogP contribution < -0.4 is 11.1 Å². The number of nitrogens with one attached hydrogen (secondary N) is 1. The van der Waals surface area contributed by atoms with Gasteiger partial charge in [0.2, 0.25) is 5.91 Å². The van der Waals surface area contributed by atoms with Crippen molar-refractivity contribution >= 4 is 23.5 Å². The summed E-state index contributed by atoms with van der Waals surface area (Å²) in [6.45, 7) is 0. The number of rotatable bonds is 4. The highest BCUT2D eigenvalue weighted by atomic mass is 32.2. The Bertz CT molecular complexity index is 373. The van der Waals surface area contributed by atoms with E-state index in [2.05, 4.69) is 16.7 Å². The van der Waals surface area contributed by atoms with Gasteiger partial charge in [0.05, 0.1) is 0 Å². The molecule has 0 spiro atoms. The molecule has 0 radical (unpaired) electrons. The van der Waals surface area contributed by atoms with Crippen LogP contribution in [0, 0.1) is 5.41 Å². The third-order valence-electron chi connectivity index (χ3n) is 4.83. The van der Waals surface area contributed by atoms with Gasteiger partial charge in [0.1, 0.15) is 5.41 Å². The first-order valence-electron chi connectivity index (χ1n) is 7.44. The highest BCUT2D eigenvalue weighted by Gasteiger charge is 2.46. The third kappa shape index (κ3) is 3.05. The molecule has 2 rings (SSSR count). The van der Waals surface area contributed by atoms with Gasteiger partial charge in [0.25, 0.3) is 0 Å². The summed E-state index contributed by atoms with van der Waals surface area (Å²) in [5, 5.41) is 15.9. The van der Waals surface area contributed by atoms with Crippen molar-refractivity contribution in [2.45, 2.75) is 62.7 Å². The predicted octanol–water partition coefficient (Wildman–Crippen LogP) is 2.08. The summed E-state index contributed by atoms with van der Waals surface area (Å²) < 4.78 is 0. The molecule has 0 aliphatic heterocycles. The Labute approximate surface area is 124 Å². The quantitative estimate of drug-likeness (QED) is 0.321. The minimum atomic E-state index is -0.773. The second kappa shape index (κ2) is 6.70. The van der Waals surface area contributed by atoms with E-state index in [1.807, 2.05) is 11.8 Å². The van der Waals surface area contributed by atoms with E-state index in [1.165, 1.54) is 0 Å². The molecule has 2 saturated carbocycles. The highest BCUT2D eigenvalue weighted by molar-refractivity contribution is 7.99. The number of nitrogens with two attached hydrogens (primary N) is 1. The van der Waals surface area contributed by atoms with Crippen LogP contribution >= 0.6 is 11.8 Å². The van der Waals surface area contributed by atoms with Gasteiger partial charge in [-0.2, -0.15) is 11.8 Å². The fourth-order valence-corrected chi connectivity index (χ4v) is 4.18. The summed E-state index contributed by atoms with van der Waals surface area (Å²) in [5.74, 6) is 0.0307. The van der Waals surface area contributed by atoms with E-state index in [9.17, 15) is 4.79 Å². The van der Waals surface area contributed by atoms with E-state index in [0.717, 1.165) is 43.8 Å². The van der Waals surface area contributed by atoms with Crippen LogP contribution in [-0.2, 0) is 4.79 Å². The molecule has 4 N–H and O–H groups in total. The number of nitrogens with zero attached hydrogens (tertiary/aromatic N) is 1. The number of thioether (sulfide) groups is 1. The van der Waals surface area contributed by atoms with Crippen LogP contribution in [0.4, 0.5) is 0 Å². The van der Waals surface area contributed by atoms with Gasteiger partial charge >= 0.3 is 0 Å². The maximum Gasteiger partial charge on any atom is 0.234 e. The van der Waals surface area contributed by atoms with Crippen molar-refractivity contribution < 1.29 is 10.0 Å². The van der Waals surface area contributed by atoms with Gasteiger partial charge in [-0.25, -0.2) is 0 Å². The lowest BCUT2D eigenvalue weighted by Crippen LogP contribution is -2.51. The number of amidine groups is 1. The second-order valence-corrected chi connectivity index (χ2v) is 7.10. The first-order valence-corrected chi connectivity index (χ1v) is 8.73. The maximum absolute atomic E-state index is 12.6. The first-order chi connectivity index (χ1) is 9.62. The van der Waals surface area contributed by atoms with E-state index in [4.69, 9.17) is 10.9 Å². The first kappa shape index (κ1) is 15.5. The van der Waals surface area contributed by atoms with Crippen LogP contribution in [0.2, 0.25) is 0 Å². The lowest BCUT2D eigenvalue weighted by Gasteiger charge is -2.32. The molecule has 2 aliphatic rings. The Morgan fingerprint density at radius 3 is 2.40 bits per heavy atom. The van der Waals surface area contributed by atoms with E-state index < -0.39 is 5.41 Å². The molecule has 0 heterocycles. The molecular formula is C14H25N3O2S. The molecule has 20 heavy (non-hydrogen) atoms. The molecule has 0 aromatic carbocycles. The smallest absolute Gasteiger partial charge is 0.234 e. The lowest BCUT2D eigenvalue weighted by molar-refractivity contribution is -0.128. The third-order valence-corrected chi connectivity index (χ3v) is 5.97. The highest BCUT2D eigenvalue weighted by Crippen LogP contribution is 2.39. The number of carbonyl (C=O) groups is 1. The maximum atomic E-state index is 12.6. The van der Waals surface area contributed by atoms with Crippen LogP contribution in [-0.4, -0.2) is 34.5 Å². The van der Waals surface area contributed by atoms with Crippen LogP contribution in [0.15, 0.2) is 5.16 Å². The van der Waals surface area contributed by atoms with Gasteiger partial charge in [0, 0.05) is 11.3 Å². The van der Waals surface area contributed by atoms with Crippen molar-refractivity contribution in [1.82, 2.24) is 5.32 Å². The standard InChI is InChI=1S/C14H25N3O2S/c1-20-11-6-4-10(5-7-11)16-13(18)14(12(15)17-19)8-2-3-9-14/h10-11,19H,2-9H2,1H3,(H2,15,17)(H,16,18). The van der Waals surface area contributed by atoms with Gasteiger partial charge in [-0.05, 0) is 44.8 Å². The zero-order chi connectivity index (χ0) is 14.6. The average molecular weight is 299 g/mol. The molecule has 5 nitrogen and oxygen atoms in total. The minimum Gasteiger partial charge on any atom is -0.409 e. The van der Waals surface area contributed by atoms with Crippen molar-refractivity contribution in [3.05, 3.63) is 0 Å². The summed E-state index contributed by atoms with van der Waals surface area (Å²) in [4.78, 5) is 12.6. The fourth-order valence-electron chi connectivity index (χ4n) is 3.44. The summed E-state index contributed by atoms with van der Waals surface area (Å²) in [6, 6.07) is 0.245. The fraction of sp³-hybridized carbons (Fsp3) is 0.857. The number of amides is 1. The molecule has 0 unspecified atom stereocenters. The van der Waals surface area contributed by atoms with E-state index in [0.29, 0.717) is 12.8 Å². The van der Waals surface area contributed by atoms with Crippen LogP contribution in [0.5, 0.6) is 0 Å². The van der Waals surface area contributed by atoms with Crippen molar-refractivity contribution in [3.8, 4) is 0 Å². The van der Waals surface area contributed by atoms with Gasteiger partial charge in [-0.3, -0.25) is 4.79 Å². The second-order valence-electron chi connectivity index (χ2n) is 5.96. The molecule has 2 fully saturated rings. The van der Waals surface area contributed by atoms with Crippen molar-refractivity contribution in [1.29, 1.82) is 0 Å². The molecule has 114 valence electrons. The minimum absolute atomic E-state index is 0.0436. The zero-order valence-electron chi connectivity index (χ0n) is 12.1. The molecule has 0 aromatic rings. The Balaban J connectivity index is 1.96. The Morgan fingerprint density at radius 1 is 1.30 bits per heavy atom.